The maximum absolute atomic E-state index is 3.59. The van der Waals surface area contributed by atoms with Crippen LogP contribution in [0, 0.1) is 5.92 Å². The average molecular weight is 210 g/mol. The fourth-order valence-corrected chi connectivity index (χ4v) is 2.66. The van der Waals surface area contributed by atoms with Crippen LogP contribution in [0.25, 0.3) is 0 Å². The van der Waals surface area contributed by atoms with E-state index in [0.717, 1.165) is 12.0 Å². The molecule has 1 saturated heterocycles. The number of nitrogens with one attached hydrogen (secondary N) is 1. The summed E-state index contributed by atoms with van der Waals surface area (Å²) in [6, 6.07) is 0.886. The number of hydrogen-bond donors (Lipinski definition) is 1. The lowest BCUT2D eigenvalue weighted by atomic mass is 10.0. The van der Waals surface area contributed by atoms with Gasteiger partial charge in [0.2, 0.25) is 0 Å². The third-order valence-corrected chi connectivity index (χ3v) is 3.73. The van der Waals surface area contributed by atoms with E-state index in [4.69, 9.17) is 0 Å². The lowest BCUT2D eigenvalue weighted by Gasteiger charge is -2.15. The molecule has 0 aromatic rings. The first kappa shape index (κ1) is 11.4. The lowest BCUT2D eigenvalue weighted by molar-refractivity contribution is 0.314. The Labute approximate surface area is 94.4 Å². The van der Waals surface area contributed by atoms with Crippen LogP contribution in [0.2, 0.25) is 0 Å². The molecule has 0 amide bonds. The summed E-state index contributed by atoms with van der Waals surface area (Å²) in [7, 11) is 0. The van der Waals surface area contributed by atoms with E-state index in [9.17, 15) is 0 Å². The highest BCUT2D eigenvalue weighted by molar-refractivity contribution is 4.81. The molecule has 0 bridgehead atoms. The zero-order chi connectivity index (χ0) is 10.5. The van der Waals surface area contributed by atoms with E-state index >= 15 is 0 Å². The topological polar surface area (TPSA) is 15.3 Å². The van der Waals surface area contributed by atoms with E-state index in [1.54, 1.807) is 0 Å². The van der Waals surface area contributed by atoms with E-state index < -0.39 is 0 Å². The Morgan fingerprint density at radius 1 is 1.27 bits per heavy atom. The fraction of sp³-hybridized carbons (Fsp3) is 1.00. The highest BCUT2D eigenvalue weighted by Gasteiger charge is 2.22. The van der Waals surface area contributed by atoms with Gasteiger partial charge in [-0.2, -0.15) is 0 Å². The van der Waals surface area contributed by atoms with Gasteiger partial charge in [0.25, 0.3) is 0 Å². The van der Waals surface area contributed by atoms with Crippen molar-refractivity contribution in [2.75, 3.05) is 26.2 Å². The predicted molar refractivity (Wildman–Crippen MR) is 65.1 cm³/mol. The molecule has 1 heterocycles. The summed E-state index contributed by atoms with van der Waals surface area (Å²) in [5.41, 5.74) is 0. The number of likely N-dealkylation sites (tertiary alicyclic amines) is 1. The van der Waals surface area contributed by atoms with Gasteiger partial charge in [-0.05, 0) is 57.7 Å². The minimum absolute atomic E-state index is 0.886. The first-order valence-corrected chi connectivity index (χ1v) is 6.84. The maximum Gasteiger partial charge on any atom is 0.00682 e. The van der Waals surface area contributed by atoms with E-state index in [2.05, 4.69) is 17.1 Å². The molecule has 0 spiro atoms. The van der Waals surface area contributed by atoms with Crippen LogP contribution < -0.4 is 5.32 Å². The summed E-state index contributed by atoms with van der Waals surface area (Å²) in [6.45, 7) is 7.59. The molecule has 0 aromatic carbocycles. The zero-order valence-electron chi connectivity index (χ0n) is 10.2. The van der Waals surface area contributed by atoms with E-state index in [0.29, 0.717) is 0 Å². The van der Waals surface area contributed by atoms with E-state index in [1.807, 2.05) is 0 Å². The zero-order valence-corrected chi connectivity index (χ0v) is 10.2. The first-order chi connectivity index (χ1) is 7.38. The summed E-state index contributed by atoms with van der Waals surface area (Å²) < 4.78 is 0. The van der Waals surface area contributed by atoms with Gasteiger partial charge >= 0.3 is 0 Å². The minimum atomic E-state index is 0.886. The molecule has 2 aliphatic rings. The monoisotopic (exact) mass is 210 g/mol. The van der Waals surface area contributed by atoms with Gasteiger partial charge in [0.05, 0.1) is 0 Å². The van der Waals surface area contributed by atoms with Crippen LogP contribution in [0.1, 0.15) is 45.4 Å². The van der Waals surface area contributed by atoms with Gasteiger partial charge in [-0.15, -0.1) is 0 Å². The first-order valence-electron chi connectivity index (χ1n) is 6.84. The third kappa shape index (κ3) is 4.12. The molecule has 1 atom stereocenters. The molecule has 1 N–H and O–H groups in total. The molecule has 15 heavy (non-hydrogen) atoms. The standard InChI is InChI=1S/C13H26N2/c1-2-4-12-7-10-15(11-12)9-3-8-14-13-5-6-13/h12-14H,2-11H2,1H3. The van der Waals surface area contributed by atoms with Crippen LogP contribution in [-0.2, 0) is 0 Å². The average Bonchev–Trinajstić information content (AvgIpc) is 2.95. The van der Waals surface area contributed by atoms with Crippen LogP contribution in [0.5, 0.6) is 0 Å². The Balaban J connectivity index is 1.48. The molecule has 0 radical (unpaired) electrons. The van der Waals surface area contributed by atoms with Gasteiger partial charge in [0.1, 0.15) is 0 Å². The quantitative estimate of drug-likeness (QED) is 0.648. The summed E-state index contributed by atoms with van der Waals surface area (Å²) in [4.78, 5) is 2.66. The largest absolute Gasteiger partial charge is 0.314 e. The highest BCUT2D eigenvalue weighted by Crippen LogP contribution is 2.21. The van der Waals surface area contributed by atoms with Crippen molar-refractivity contribution in [1.29, 1.82) is 0 Å². The van der Waals surface area contributed by atoms with E-state index in [1.165, 1.54) is 64.7 Å². The number of hydrogen-bond acceptors (Lipinski definition) is 2. The molecule has 2 rings (SSSR count). The number of nitrogens with zero attached hydrogens (tertiary/aromatic N) is 1. The van der Waals surface area contributed by atoms with Gasteiger partial charge in [-0.1, -0.05) is 13.3 Å². The predicted octanol–water partition coefficient (Wildman–Crippen LogP) is 2.25. The molecule has 2 fully saturated rings. The minimum Gasteiger partial charge on any atom is -0.314 e. The van der Waals surface area contributed by atoms with Crippen molar-refractivity contribution in [2.45, 2.75) is 51.5 Å². The van der Waals surface area contributed by atoms with Gasteiger partial charge in [-0.3, -0.25) is 0 Å². The highest BCUT2D eigenvalue weighted by atomic mass is 15.1. The lowest BCUT2D eigenvalue weighted by Crippen LogP contribution is -2.26. The Hall–Kier alpha value is -0.0800. The molecule has 0 aromatic heterocycles. The van der Waals surface area contributed by atoms with Crippen LogP contribution >= 0.6 is 0 Å². The van der Waals surface area contributed by atoms with Crippen LogP contribution in [-0.4, -0.2) is 37.1 Å². The van der Waals surface area contributed by atoms with Gasteiger partial charge in [0, 0.05) is 12.6 Å². The van der Waals surface area contributed by atoms with Gasteiger partial charge in [0.15, 0.2) is 0 Å². The van der Waals surface area contributed by atoms with Crippen molar-refractivity contribution in [2.24, 2.45) is 5.92 Å². The molecule has 2 nitrogen and oxygen atoms in total. The van der Waals surface area contributed by atoms with Crippen molar-refractivity contribution in [3.63, 3.8) is 0 Å². The Bertz CT molecular complexity index is 177. The van der Waals surface area contributed by atoms with Crippen molar-refractivity contribution >= 4 is 0 Å². The second-order valence-corrected chi connectivity index (χ2v) is 5.33. The molecule has 1 aliphatic heterocycles. The molecular formula is C13H26N2. The Kier molecular flexibility index (Phi) is 4.45. The second-order valence-electron chi connectivity index (χ2n) is 5.33. The third-order valence-electron chi connectivity index (χ3n) is 3.73. The van der Waals surface area contributed by atoms with Crippen molar-refractivity contribution in [3.05, 3.63) is 0 Å². The Morgan fingerprint density at radius 2 is 2.13 bits per heavy atom. The SMILES string of the molecule is CCCC1CCN(CCCNC2CC2)C1. The molecule has 1 unspecified atom stereocenters. The van der Waals surface area contributed by atoms with Crippen LogP contribution in [0.3, 0.4) is 0 Å². The summed E-state index contributed by atoms with van der Waals surface area (Å²) in [6.07, 6.45) is 8.43. The van der Waals surface area contributed by atoms with Crippen molar-refractivity contribution in [3.8, 4) is 0 Å². The maximum atomic E-state index is 3.59. The molecule has 2 heteroatoms. The van der Waals surface area contributed by atoms with Gasteiger partial charge in [-0.25, -0.2) is 0 Å². The summed E-state index contributed by atoms with van der Waals surface area (Å²) in [5, 5.41) is 3.59. The van der Waals surface area contributed by atoms with Crippen LogP contribution in [0.4, 0.5) is 0 Å². The second kappa shape index (κ2) is 5.86. The molecular weight excluding hydrogens is 184 g/mol. The van der Waals surface area contributed by atoms with Crippen molar-refractivity contribution in [1.82, 2.24) is 10.2 Å². The summed E-state index contributed by atoms with van der Waals surface area (Å²) >= 11 is 0. The smallest absolute Gasteiger partial charge is 0.00682 e. The normalized spacial score (nSPS) is 27.4. The summed E-state index contributed by atoms with van der Waals surface area (Å²) in [5.74, 6) is 1.01. The van der Waals surface area contributed by atoms with E-state index in [-0.39, 0.29) is 0 Å². The molecule has 1 aliphatic carbocycles. The molecule has 88 valence electrons. The fourth-order valence-electron chi connectivity index (χ4n) is 2.66. The Morgan fingerprint density at radius 3 is 2.87 bits per heavy atom. The van der Waals surface area contributed by atoms with Crippen molar-refractivity contribution < 1.29 is 0 Å². The molecule has 1 saturated carbocycles. The number of rotatable bonds is 7. The van der Waals surface area contributed by atoms with Gasteiger partial charge < -0.3 is 10.2 Å². The van der Waals surface area contributed by atoms with Crippen LogP contribution in [0.15, 0.2) is 0 Å².